The lowest BCUT2D eigenvalue weighted by Gasteiger charge is -2.19. The van der Waals surface area contributed by atoms with Crippen LogP contribution in [0.3, 0.4) is 0 Å². The van der Waals surface area contributed by atoms with Gasteiger partial charge in [-0.3, -0.25) is 4.79 Å². The molecule has 23 heavy (non-hydrogen) atoms. The minimum atomic E-state index is -0.483. The average Bonchev–Trinajstić information content (AvgIpc) is 2.48. The summed E-state index contributed by atoms with van der Waals surface area (Å²) in [6.07, 6.45) is 4.46. The standard InChI is InChI=1S/C18H26N2O3/c1-18(2,3)23-17(22)20-14-8-7-13-19-16(21)12-11-15-9-5-4-6-10-15/h4-6,9-12H,7-8,13-14H2,1-3H3,(H,19,21)(H,20,22)/b12-11+. The molecule has 0 aliphatic carbocycles. The summed E-state index contributed by atoms with van der Waals surface area (Å²) in [5, 5.41) is 5.50. The number of carbonyl (C=O) groups excluding carboxylic acids is 2. The van der Waals surface area contributed by atoms with Crippen LogP contribution in [0.25, 0.3) is 6.08 Å². The fourth-order valence-electron chi connectivity index (χ4n) is 1.76. The van der Waals surface area contributed by atoms with E-state index < -0.39 is 11.7 Å². The molecule has 0 radical (unpaired) electrons. The van der Waals surface area contributed by atoms with E-state index in [-0.39, 0.29) is 5.91 Å². The van der Waals surface area contributed by atoms with Gasteiger partial charge in [-0.2, -0.15) is 0 Å². The van der Waals surface area contributed by atoms with Crippen LogP contribution >= 0.6 is 0 Å². The van der Waals surface area contributed by atoms with Crippen molar-refractivity contribution in [2.75, 3.05) is 13.1 Å². The predicted molar refractivity (Wildman–Crippen MR) is 92.0 cm³/mol. The van der Waals surface area contributed by atoms with E-state index >= 15 is 0 Å². The van der Waals surface area contributed by atoms with Crippen LogP contribution < -0.4 is 10.6 Å². The molecule has 0 bridgehead atoms. The van der Waals surface area contributed by atoms with Gasteiger partial charge in [-0.05, 0) is 45.3 Å². The normalized spacial score (nSPS) is 11.3. The summed E-state index contributed by atoms with van der Waals surface area (Å²) in [4.78, 5) is 23.0. The first kappa shape index (κ1) is 18.7. The van der Waals surface area contributed by atoms with E-state index in [1.54, 1.807) is 6.08 Å². The van der Waals surface area contributed by atoms with Crippen molar-refractivity contribution in [3.63, 3.8) is 0 Å². The number of rotatable bonds is 7. The van der Waals surface area contributed by atoms with Crippen molar-refractivity contribution >= 4 is 18.1 Å². The van der Waals surface area contributed by atoms with Gasteiger partial charge >= 0.3 is 6.09 Å². The first-order chi connectivity index (χ1) is 10.9. The summed E-state index contributed by atoms with van der Waals surface area (Å²) >= 11 is 0. The van der Waals surface area contributed by atoms with Crippen molar-refractivity contribution in [1.29, 1.82) is 0 Å². The van der Waals surface area contributed by atoms with Crippen molar-refractivity contribution in [1.82, 2.24) is 10.6 Å². The van der Waals surface area contributed by atoms with Gasteiger partial charge in [0.2, 0.25) is 5.91 Å². The molecule has 0 aromatic heterocycles. The fraction of sp³-hybridized carbons (Fsp3) is 0.444. The van der Waals surface area contributed by atoms with E-state index in [1.165, 1.54) is 6.08 Å². The summed E-state index contributed by atoms with van der Waals surface area (Å²) in [6, 6.07) is 9.66. The third kappa shape index (κ3) is 10.1. The third-order valence-electron chi connectivity index (χ3n) is 2.80. The smallest absolute Gasteiger partial charge is 0.407 e. The van der Waals surface area contributed by atoms with Crippen LogP contribution in [0.1, 0.15) is 39.2 Å². The maximum Gasteiger partial charge on any atom is 0.407 e. The zero-order valence-corrected chi connectivity index (χ0v) is 14.1. The van der Waals surface area contributed by atoms with Crippen LogP contribution in [0.2, 0.25) is 0 Å². The van der Waals surface area contributed by atoms with E-state index in [4.69, 9.17) is 4.74 Å². The van der Waals surface area contributed by atoms with Gasteiger partial charge < -0.3 is 15.4 Å². The molecule has 0 saturated carbocycles. The van der Waals surface area contributed by atoms with Crippen molar-refractivity contribution in [2.24, 2.45) is 0 Å². The predicted octanol–water partition coefficient (Wildman–Crippen LogP) is 3.12. The lowest BCUT2D eigenvalue weighted by molar-refractivity contribution is -0.116. The van der Waals surface area contributed by atoms with Gasteiger partial charge in [0.05, 0.1) is 0 Å². The van der Waals surface area contributed by atoms with E-state index in [9.17, 15) is 9.59 Å². The molecule has 0 aliphatic heterocycles. The number of alkyl carbamates (subject to hydrolysis) is 1. The second kappa shape index (κ2) is 9.66. The molecule has 0 saturated heterocycles. The van der Waals surface area contributed by atoms with E-state index in [0.717, 1.165) is 18.4 Å². The van der Waals surface area contributed by atoms with Crippen LogP contribution in [0.15, 0.2) is 36.4 Å². The molecule has 5 nitrogen and oxygen atoms in total. The molecule has 0 unspecified atom stereocenters. The molecule has 1 aromatic carbocycles. The maximum atomic E-state index is 11.6. The topological polar surface area (TPSA) is 67.4 Å². The third-order valence-corrected chi connectivity index (χ3v) is 2.80. The molecule has 126 valence electrons. The first-order valence-corrected chi connectivity index (χ1v) is 7.84. The molecule has 1 aromatic rings. The Morgan fingerprint density at radius 2 is 1.65 bits per heavy atom. The molecule has 2 N–H and O–H groups in total. The Balaban J connectivity index is 2.08. The van der Waals surface area contributed by atoms with E-state index in [1.807, 2.05) is 51.1 Å². The molecule has 2 amide bonds. The Kier molecular flexibility index (Phi) is 7.88. The van der Waals surface area contributed by atoms with Crippen molar-refractivity contribution < 1.29 is 14.3 Å². The Bertz CT molecular complexity index is 519. The highest BCUT2D eigenvalue weighted by Gasteiger charge is 2.15. The molecule has 0 spiro atoms. The Morgan fingerprint density at radius 1 is 1.04 bits per heavy atom. The summed E-state index contributed by atoms with van der Waals surface area (Å²) in [5.74, 6) is -0.117. The van der Waals surface area contributed by atoms with Crippen LogP contribution in [-0.4, -0.2) is 30.7 Å². The average molecular weight is 318 g/mol. The monoisotopic (exact) mass is 318 g/mol. The Hall–Kier alpha value is -2.30. The minimum Gasteiger partial charge on any atom is -0.444 e. The van der Waals surface area contributed by atoms with Gasteiger partial charge in [0.15, 0.2) is 0 Å². The number of unbranched alkanes of at least 4 members (excludes halogenated alkanes) is 1. The molecule has 0 heterocycles. The largest absolute Gasteiger partial charge is 0.444 e. The van der Waals surface area contributed by atoms with Crippen LogP contribution in [0, 0.1) is 0 Å². The molecule has 0 atom stereocenters. The van der Waals surface area contributed by atoms with Crippen molar-refractivity contribution in [3.8, 4) is 0 Å². The molecule has 0 aliphatic rings. The Morgan fingerprint density at radius 3 is 2.26 bits per heavy atom. The Labute approximate surface area is 138 Å². The van der Waals surface area contributed by atoms with Crippen molar-refractivity contribution in [2.45, 2.75) is 39.2 Å². The summed E-state index contributed by atoms with van der Waals surface area (Å²) in [5.41, 5.74) is 0.507. The highest BCUT2D eigenvalue weighted by Crippen LogP contribution is 2.06. The number of benzene rings is 1. The number of hydrogen-bond donors (Lipinski definition) is 2. The van der Waals surface area contributed by atoms with Crippen molar-refractivity contribution in [3.05, 3.63) is 42.0 Å². The number of nitrogens with one attached hydrogen (secondary N) is 2. The zero-order valence-electron chi connectivity index (χ0n) is 14.1. The molecule has 5 heteroatoms. The zero-order chi connectivity index (χ0) is 17.1. The molecular formula is C18H26N2O3. The fourth-order valence-corrected chi connectivity index (χ4v) is 1.76. The van der Waals surface area contributed by atoms with Gasteiger partial charge in [-0.25, -0.2) is 4.79 Å². The van der Waals surface area contributed by atoms with Gasteiger partial charge in [0.1, 0.15) is 5.60 Å². The number of ether oxygens (including phenoxy) is 1. The van der Waals surface area contributed by atoms with Crippen LogP contribution in [0.4, 0.5) is 4.79 Å². The maximum absolute atomic E-state index is 11.6. The summed E-state index contributed by atoms with van der Waals surface area (Å²) < 4.78 is 5.13. The van der Waals surface area contributed by atoms with Crippen LogP contribution in [0.5, 0.6) is 0 Å². The quantitative estimate of drug-likeness (QED) is 0.599. The van der Waals surface area contributed by atoms with Gasteiger partial charge in [-0.15, -0.1) is 0 Å². The molecule has 1 rings (SSSR count). The highest BCUT2D eigenvalue weighted by molar-refractivity contribution is 5.91. The number of carbonyl (C=O) groups is 2. The SMILES string of the molecule is CC(C)(C)OC(=O)NCCCCNC(=O)/C=C/c1ccccc1. The first-order valence-electron chi connectivity index (χ1n) is 7.84. The minimum absolute atomic E-state index is 0.117. The summed E-state index contributed by atoms with van der Waals surface area (Å²) in [6.45, 7) is 6.58. The number of amides is 2. The van der Waals surface area contributed by atoms with Gasteiger partial charge in [-0.1, -0.05) is 30.3 Å². The van der Waals surface area contributed by atoms with Crippen LogP contribution in [-0.2, 0) is 9.53 Å². The summed E-state index contributed by atoms with van der Waals surface area (Å²) in [7, 11) is 0. The van der Waals surface area contributed by atoms with E-state index in [0.29, 0.717) is 13.1 Å². The second-order valence-corrected chi connectivity index (χ2v) is 6.17. The van der Waals surface area contributed by atoms with E-state index in [2.05, 4.69) is 10.6 Å². The second-order valence-electron chi connectivity index (χ2n) is 6.17. The lowest BCUT2D eigenvalue weighted by Crippen LogP contribution is -2.33. The number of hydrogen-bond acceptors (Lipinski definition) is 3. The highest BCUT2D eigenvalue weighted by atomic mass is 16.6. The molecule has 0 fully saturated rings. The van der Waals surface area contributed by atoms with Gasteiger partial charge in [0, 0.05) is 19.2 Å². The van der Waals surface area contributed by atoms with Gasteiger partial charge in [0.25, 0.3) is 0 Å². The lowest BCUT2D eigenvalue weighted by atomic mass is 10.2. The molecular weight excluding hydrogens is 292 g/mol.